The quantitative estimate of drug-likeness (QED) is 0.855. The molecule has 7 heteroatoms. The van der Waals surface area contributed by atoms with Gasteiger partial charge in [-0.2, -0.15) is 5.10 Å². The van der Waals surface area contributed by atoms with Crippen molar-refractivity contribution in [3.63, 3.8) is 0 Å². The second-order valence-corrected chi connectivity index (χ2v) is 7.29. The van der Waals surface area contributed by atoms with Crippen LogP contribution in [0.15, 0.2) is 18.2 Å². The molecule has 5 nitrogen and oxygen atoms in total. The molecule has 0 spiro atoms. The van der Waals surface area contributed by atoms with Gasteiger partial charge in [-0.1, -0.05) is 23.2 Å². The van der Waals surface area contributed by atoms with E-state index in [-0.39, 0.29) is 11.9 Å². The standard InChI is InChI=1S/C18H22Cl2N4O/c1-11-15(9-18(25)22-14-4-3-7-21-10-14)12(2)24(23-11)17-6-5-13(19)8-16(17)20/h5-6,8,14,21H,3-4,7,9-10H2,1-2H3,(H,22,25)/t14-/m0/s1. The van der Waals surface area contributed by atoms with E-state index in [1.807, 2.05) is 19.9 Å². The summed E-state index contributed by atoms with van der Waals surface area (Å²) in [5.41, 5.74) is 3.45. The summed E-state index contributed by atoms with van der Waals surface area (Å²) < 4.78 is 1.78. The summed E-state index contributed by atoms with van der Waals surface area (Å²) in [4.78, 5) is 12.4. The van der Waals surface area contributed by atoms with Gasteiger partial charge in [-0.15, -0.1) is 0 Å². The Balaban J connectivity index is 1.78. The number of rotatable bonds is 4. The molecular weight excluding hydrogens is 359 g/mol. The number of aromatic nitrogens is 2. The molecule has 134 valence electrons. The minimum Gasteiger partial charge on any atom is -0.352 e. The SMILES string of the molecule is Cc1nn(-c2ccc(Cl)cc2Cl)c(C)c1CC(=O)N[C@H]1CCCNC1. The van der Waals surface area contributed by atoms with Crippen molar-refractivity contribution in [1.29, 1.82) is 0 Å². The van der Waals surface area contributed by atoms with Crippen LogP contribution in [0.25, 0.3) is 5.69 Å². The Hall–Kier alpha value is -1.56. The third kappa shape index (κ3) is 4.17. The Kier molecular flexibility index (Phi) is 5.67. The lowest BCUT2D eigenvalue weighted by Gasteiger charge is -2.23. The Morgan fingerprint density at radius 3 is 2.88 bits per heavy atom. The summed E-state index contributed by atoms with van der Waals surface area (Å²) in [5.74, 6) is 0.0293. The van der Waals surface area contributed by atoms with Gasteiger partial charge >= 0.3 is 0 Å². The van der Waals surface area contributed by atoms with E-state index in [9.17, 15) is 4.79 Å². The molecule has 2 N–H and O–H groups in total. The monoisotopic (exact) mass is 380 g/mol. The molecule has 1 atom stereocenters. The smallest absolute Gasteiger partial charge is 0.224 e. The number of nitrogens with one attached hydrogen (secondary N) is 2. The highest BCUT2D eigenvalue weighted by atomic mass is 35.5. The first-order valence-electron chi connectivity index (χ1n) is 8.46. The van der Waals surface area contributed by atoms with Gasteiger partial charge in [-0.3, -0.25) is 4.79 Å². The van der Waals surface area contributed by atoms with Crippen molar-refractivity contribution in [2.45, 2.75) is 39.2 Å². The van der Waals surface area contributed by atoms with Crippen LogP contribution in [0, 0.1) is 13.8 Å². The zero-order valence-corrected chi connectivity index (χ0v) is 15.9. The number of nitrogens with zero attached hydrogens (tertiary/aromatic N) is 2. The van der Waals surface area contributed by atoms with Gasteiger partial charge in [0.25, 0.3) is 0 Å². The van der Waals surface area contributed by atoms with Crippen LogP contribution >= 0.6 is 23.2 Å². The molecule has 0 aliphatic carbocycles. The highest BCUT2D eigenvalue weighted by Gasteiger charge is 2.20. The molecule has 0 unspecified atom stereocenters. The maximum absolute atomic E-state index is 12.4. The fourth-order valence-corrected chi connectivity index (χ4v) is 3.72. The first-order chi connectivity index (χ1) is 12.0. The Morgan fingerprint density at radius 2 is 2.20 bits per heavy atom. The van der Waals surface area contributed by atoms with E-state index < -0.39 is 0 Å². The lowest BCUT2D eigenvalue weighted by Crippen LogP contribution is -2.46. The molecule has 2 heterocycles. The Bertz CT molecular complexity index is 782. The lowest BCUT2D eigenvalue weighted by molar-refractivity contribution is -0.121. The largest absolute Gasteiger partial charge is 0.352 e. The van der Waals surface area contributed by atoms with Crippen molar-refractivity contribution < 1.29 is 4.79 Å². The average Bonchev–Trinajstić information content (AvgIpc) is 2.84. The summed E-state index contributed by atoms with van der Waals surface area (Å²) >= 11 is 12.3. The molecule has 1 aliphatic rings. The fraction of sp³-hybridized carbons (Fsp3) is 0.444. The number of carbonyl (C=O) groups is 1. The number of piperidine rings is 1. The molecule has 1 aromatic heterocycles. The van der Waals surface area contributed by atoms with Crippen molar-refractivity contribution >= 4 is 29.1 Å². The molecule has 1 saturated heterocycles. The van der Waals surface area contributed by atoms with E-state index in [0.717, 1.165) is 48.6 Å². The van der Waals surface area contributed by atoms with Gasteiger partial charge in [-0.25, -0.2) is 4.68 Å². The molecule has 0 bridgehead atoms. The van der Waals surface area contributed by atoms with Crippen molar-refractivity contribution in [3.05, 3.63) is 45.2 Å². The molecule has 2 aromatic rings. The van der Waals surface area contributed by atoms with Crippen LogP contribution < -0.4 is 10.6 Å². The van der Waals surface area contributed by atoms with Gasteiger partial charge in [0.2, 0.25) is 5.91 Å². The van der Waals surface area contributed by atoms with E-state index in [1.54, 1.807) is 16.8 Å². The van der Waals surface area contributed by atoms with E-state index in [0.29, 0.717) is 16.5 Å². The van der Waals surface area contributed by atoms with Crippen LogP contribution in [0.5, 0.6) is 0 Å². The first kappa shape index (κ1) is 18.2. The summed E-state index contributed by atoms with van der Waals surface area (Å²) in [7, 11) is 0. The summed E-state index contributed by atoms with van der Waals surface area (Å²) in [6.45, 7) is 5.73. The molecule has 1 aromatic carbocycles. The van der Waals surface area contributed by atoms with E-state index in [2.05, 4.69) is 15.7 Å². The highest BCUT2D eigenvalue weighted by molar-refractivity contribution is 6.35. The predicted octanol–water partition coefficient (Wildman–Crippen LogP) is 3.21. The van der Waals surface area contributed by atoms with Gasteiger partial charge in [0.15, 0.2) is 0 Å². The van der Waals surface area contributed by atoms with Crippen LogP contribution in [0.2, 0.25) is 10.0 Å². The van der Waals surface area contributed by atoms with Gasteiger partial charge < -0.3 is 10.6 Å². The molecule has 0 radical (unpaired) electrons. The van der Waals surface area contributed by atoms with Gasteiger partial charge in [-0.05, 0) is 51.4 Å². The van der Waals surface area contributed by atoms with Crippen LogP contribution in [-0.2, 0) is 11.2 Å². The number of hydrogen-bond acceptors (Lipinski definition) is 3. The van der Waals surface area contributed by atoms with Gasteiger partial charge in [0.1, 0.15) is 0 Å². The second-order valence-electron chi connectivity index (χ2n) is 6.44. The third-order valence-electron chi connectivity index (χ3n) is 4.58. The lowest BCUT2D eigenvalue weighted by atomic mass is 10.1. The topological polar surface area (TPSA) is 59.0 Å². The molecule has 1 fully saturated rings. The van der Waals surface area contributed by atoms with Crippen LogP contribution in [0.4, 0.5) is 0 Å². The minimum atomic E-state index is 0.0293. The average molecular weight is 381 g/mol. The number of halogens is 2. The predicted molar refractivity (Wildman–Crippen MR) is 101 cm³/mol. The maximum atomic E-state index is 12.4. The zero-order valence-electron chi connectivity index (χ0n) is 14.4. The summed E-state index contributed by atoms with van der Waals surface area (Å²) in [6.07, 6.45) is 2.44. The molecule has 25 heavy (non-hydrogen) atoms. The van der Waals surface area contributed by atoms with E-state index >= 15 is 0 Å². The number of amides is 1. The molecule has 1 aliphatic heterocycles. The van der Waals surface area contributed by atoms with Crippen molar-refractivity contribution in [1.82, 2.24) is 20.4 Å². The fourth-order valence-electron chi connectivity index (χ4n) is 3.23. The Morgan fingerprint density at radius 1 is 1.40 bits per heavy atom. The zero-order chi connectivity index (χ0) is 18.0. The number of hydrogen-bond donors (Lipinski definition) is 2. The number of aryl methyl sites for hydroxylation is 1. The summed E-state index contributed by atoms with van der Waals surface area (Å²) in [6, 6.07) is 5.52. The van der Waals surface area contributed by atoms with E-state index in [4.69, 9.17) is 23.2 Å². The second kappa shape index (κ2) is 7.77. The molecule has 0 saturated carbocycles. The van der Waals surface area contributed by atoms with Crippen molar-refractivity contribution in [3.8, 4) is 5.69 Å². The first-order valence-corrected chi connectivity index (χ1v) is 9.22. The van der Waals surface area contributed by atoms with Gasteiger partial charge in [0.05, 0.1) is 22.8 Å². The third-order valence-corrected chi connectivity index (χ3v) is 5.12. The van der Waals surface area contributed by atoms with Crippen LogP contribution in [-0.4, -0.2) is 34.8 Å². The van der Waals surface area contributed by atoms with Crippen LogP contribution in [0.1, 0.15) is 29.8 Å². The normalized spacial score (nSPS) is 17.5. The van der Waals surface area contributed by atoms with Crippen LogP contribution in [0.3, 0.4) is 0 Å². The number of carbonyl (C=O) groups excluding carboxylic acids is 1. The molecule has 1 amide bonds. The minimum absolute atomic E-state index is 0.0293. The van der Waals surface area contributed by atoms with E-state index in [1.165, 1.54) is 0 Å². The summed E-state index contributed by atoms with van der Waals surface area (Å²) in [5, 5.41) is 12.1. The molecule has 3 rings (SSSR count). The number of benzene rings is 1. The van der Waals surface area contributed by atoms with Crippen molar-refractivity contribution in [2.75, 3.05) is 13.1 Å². The maximum Gasteiger partial charge on any atom is 0.224 e. The molecular formula is C18H22Cl2N4O. The van der Waals surface area contributed by atoms with Gasteiger partial charge in [0, 0.05) is 28.9 Å². The Labute approximate surface area is 157 Å². The van der Waals surface area contributed by atoms with Crippen molar-refractivity contribution in [2.24, 2.45) is 0 Å². The highest BCUT2D eigenvalue weighted by Crippen LogP contribution is 2.27.